The normalized spacial score (nSPS) is 12.1. The van der Waals surface area contributed by atoms with E-state index in [-0.39, 0.29) is 20.4 Å². The van der Waals surface area contributed by atoms with Gasteiger partial charge in [-0.25, -0.2) is 4.98 Å². The summed E-state index contributed by atoms with van der Waals surface area (Å²) < 4.78 is 11.4. The summed E-state index contributed by atoms with van der Waals surface area (Å²) in [6.45, 7) is 18.5. The van der Waals surface area contributed by atoms with Gasteiger partial charge in [-0.05, 0) is 104 Å². The van der Waals surface area contributed by atoms with Crippen LogP contribution < -0.4 is 4.74 Å². The van der Waals surface area contributed by atoms with Crippen molar-refractivity contribution >= 4 is 60.2 Å². The summed E-state index contributed by atoms with van der Waals surface area (Å²) in [6, 6.07) is 57.5. The van der Waals surface area contributed by atoms with E-state index in [1.54, 1.807) is 0 Å². The Balaban J connectivity index is 0.00000511. The van der Waals surface area contributed by atoms with Gasteiger partial charge in [0.05, 0.1) is 16.7 Å². The molecule has 4 aromatic heterocycles. The van der Waals surface area contributed by atoms with Crippen LogP contribution in [-0.4, -0.2) is 18.9 Å². The van der Waals surface area contributed by atoms with Crippen LogP contribution in [0.5, 0.6) is 11.5 Å². The Bertz CT molecular complexity index is 3600. The number of imidazole rings is 1. The van der Waals surface area contributed by atoms with Gasteiger partial charge in [0.15, 0.2) is 0 Å². The van der Waals surface area contributed by atoms with Crippen LogP contribution in [0.4, 0.5) is 0 Å². The molecule has 0 fully saturated rings. The maximum absolute atomic E-state index is 6.83. The van der Waals surface area contributed by atoms with Gasteiger partial charge in [0.2, 0.25) is 0 Å². The fourth-order valence-corrected chi connectivity index (χ4v) is 10.3. The minimum atomic E-state index is 0. The topological polar surface area (TPSA) is 44.3 Å². The van der Waals surface area contributed by atoms with Crippen LogP contribution in [0, 0.1) is 12.1 Å². The molecule has 0 saturated heterocycles. The summed E-state index contributed by atoms with van der Waals surface area (Å²) in [6.07, 6.45) is 1.83. The van der Waals surface area contributed by atoms with Crippen molar-refractivity contribution in [1.29, 1.82) is 0 Å². The van der Waals surface area contributed by atoms with E-state index in [0.29, 0.717) is 35.2 Å². The van der Waals surface area contributed by atoms with Crippen LogP contribution in [0.1, 0.15) is 101 Å². The second-order valence-electron chi connectivity index (χ2n) is 18.7. The number of para-hydroxylation sites is 3. The Morgan fingerprint density at radius 1 is 0.500 bits per heavy atom. The molecule has 4 heterocycles. The molecule has 0 radical (unpaired) electrons. The minimum Gasteiger partial charge on any atom is -0.503 e. The molecule has 0 unspecified atom stereocenters. The summed E-state index contributed by atoms with van der Waals surface area (Å²) >= 11 is 0. The summed E-state index contributed by atoms with van der Waals surface area (Å²) in [5.74, 6) is 3.28. The van der Waals surface area contributed by atoms with E-state index in [9.17, 15) is 0 Å². The maximum atomic E-state index is 6.83. The Morgan fingerprint density at radius 3 is 1.70 bits per heavy atom. The van der Waals surface area contributed by atoms with Crippen molar-refractivity contribution in [2.45, 2.75) is 79.1 Å². The molecule has 7 aromatic carbocycles. The quantitative estimate of drug-likeness (QED) is 0.0823. The minimum absolute atomic E-state index is 0. The molecule has 0 spiro atoms. The predicted octanol–water partition coefficient (Wildman–Crippen LogP) is 16.5. The van der Waals surface area contributed by atoms with Gasteiger partial charge >= 0.3 is 20.4 Å². The molecule has 0 amide bonds. The largest absolute Gasteiger partial charge is 2.00 e. The Kier molecular flexibility index (Phi) is 11.2. The average Bonchev–Trinajstić information content (AvgIpc) is 3.87. The first kappa shape index (κ1) is 43.3. The smallest absolute Gasteiger partial charge is 0.503 e. The molecule has 0 bridgehead atoms. The van der Waals surface area contributed by atoms with E-state index in [2.05, 4.69) is 192 Å². The van der Waals surface area contributed by atoms with E-state index in [1.807, 2.05) is 30.5 Å². The average molecular weight is 952 g/mol. The first-order valence-electron chi connectivity index (χ1n) is 23.1. The summed E-state index contributed by atoms with van der Waals surface area (Å²) in [4.78, 5) is 10.2. The molecule has 11 rings (SSSR count). The molecule has 0 saturated carbocycles. The van der Waals surface area contributed by atoms with Crippen LogP contribution in [0.25, 0.3) is 88.2 Å². The molecule has 66 heavy (non-hydrogen) atoms. The maximum Gasteiger partial charge on any atom is 2.00 e. The van der Waals surface area contributed by atoms with E-state index < -0.39 is 0 Å². The van der Waals surface area contributed by atoms with Crippen LogP contribution >= 0.6 is 0 Å². The zero-order valence-electron chi connectivity index (χ0n) is 38.7. The van der Waals surface area contributed by atoms with Crippen molar-refractivity contribution in [3.63, 3.8) is 0 Å². The van der Waals surface area contributed by atoms with E-state index in [4.69, 9.17) is 14.7 Å². The third-order valence-corrected chi connectivity index (χ3v) is 13.3. The van der Waals surface area contributed by atoms with E-state index in [0.717, 1.165) is 60.6 Å². The molecule has 0 aliphatic rings. The van der Waals surface area contributed by atoms with Crippen molar-refractivity contribution in [3.05, 3.63) is 180 Å². The molecule has 5 nitrogen and oxygen atoms in total. The van der Waals surface area contributed by atoms with Crippen molar-refractivity contribution < 1.29 is 25.2 Å². The summed E-state index contributed by atoms with van der Waals surface area (Å²) in [5.41, 5.74) is 16.4. The second kappa shape index (κ2) is 17.0. The molecule has 0 N–H and O–H groups in total. The van der Waals surface area contributed by atoms with Crippen molar-refractivity contribution in [2.75, 3.05) is 0 Å². The van der Waals surface area contributed by atoms with Gasteiger partial charge in [0.1, 0.15) is 5.82 Å². The van der Waals surface area contributed by atoms with Crippen LogP contribution in [-0.2, 0) is 20.4 Å². The molecule has 0 aliphatic carbocycles. The molecular formula is C60H52N4OPd. The summed E-state index contributed by atoms with van der Waals surface area (Å²) in [7, 11) is 0. The van der Waals surface area contributed by atoms with Gasteiger partial charge in [-0.1, -0.05) is 163 Å². The zero-order valence-corrected chi connectivity index (χ0v) is 40.2. The number of fused-ring (bicyclic) bond motifs is 11. The van der Waals surface area contributed by atoms with E-state index >= 15 is 0 Å². The number of nitrogens with zero attached hydrogens (tertiary/aromatic N) is 4. The Morgan fingerprint density at radius 2 is 1.06 bits per heavy atom. The number of rotatable bonds is 9. The third-order valence-electron chi connectivity index (χ3n) is 13.3. The van der Waals surface area contributed by atoms with Crippen molar-refractivity contribution in [2.24, 2.45) is 0 Å². The number of benzene rings is 7. The van der Waals surface area contributed by atoms with Crippen molar-refractivity contribution in [1.82, 2.24) is 18.9 Å². The second-order valence-corrected chi connectivity index (χ2v) is 18.7. The monoisotopic (exact) mass is 950 g/mol. The molecular weight excluding hydrogens is 899 g/mol. The fraction of sp³-hybridized carbons (Fsp3) is 0.200. The molecule has 328 valence electrons. The Hall–Kier alpha value is -6.58. The van der Waals surface area contributed by atoms with E-state index in [1.165, 1.54) is 49.9 Å². The number of ether oxygens (including phenoxy) is 1. The molecule has 0 aliphatic heterocycles. The van der Waals surface area contributed by atoms with Gasteiger partial charge in [-0.2, -0.15) is 6.07 Å². The molecule has 11 aromatic rings. The van der Waals surface area contributed by atoms with Gasteiger partial charge in [-0.15, -0.1) is 29.7 Å². The van der Waals surface area contributed by atoms with Gasteiger partial charge < -0.3 is 13.7 Å². The predicted molar refractivity (Wildman–Crippen MR) is 271 cm³/mol. The number of hydrogen-bond acceptors (Lipinski definition) is 3. The van der Waals surface area contributed by atoms with Gasteiger partial charge in [0, 0.05) is 34.3 Å². The van der Waals surface area contributed by atoms with Crippen LogP contribution in [0.3, 0.4) is 0 Å². The standard InChI is InChI=1S/C60H52N4O.Pd/c1-35(2)41-18-15-19-42(36(3)4)56(41)48-30-31-49(57-43(37(5)6)20-16-21-44(57)38(7)8)59-58(48)47-29-27-39(33-50(47)60-62-51-22-10-12-24-53(51)64(59)60)65-40-26-28-46-45-17-9-11-23-52(45)63(54(46)34-40)55-25-13-14-32-61-55;/h9-32,35-38H,1-8H3;/q-2;+2. The number of aromatic nitrogens is 4. The number of pyridine rings is 2. The summed E-state index contributed by atoms with van der Waals surface area (Å²) in [5, 5.41) is 5.40. The van der Waals surface area contributed by atoms with Gasteiger partial charge in [0.25, 0.3) is 0 Å². The van der Waals surface area contributed by atoms with Crippen molar-refractivity contribution in [3.8, 4) is 39.6 Å². The first-order chi connectivity index (χ1) is 31.6. The number of hydrogen-bond donors (Lipinski definition) is 0. The SMILES string of the molecule is CC(C)c1cccc(C(C)C)c1-c1ccc(-c2c(C(C)C)cccc2C(C)C)c2c1c1ccc(Oc3[c-]c4c(cc3)c3ccccc3n4-c3ccccn3)[c-]c1c1nc3ccccc3n12.[Pd+2]. The van der Waals surface area contributed by atoms with Crippen LogP contribution in [0.2, 0.25) is 0 Å². The Labute approximate surface area is 400 Å². The first-order valence-corrected chi connectivity index (χ1v) is 23.1. The van der Waals surface area contributed by atoms with Gasteiger partial charge in [-0.3, -0.25) is 4.98 Å². The third kappa shape index (κ3) is 6.93. The molecule has 6 heteroatoms. The zero-order chi connectivity index (χ0) is 44.7. The van der Waals surface area contributed by atoms with Crippen LogP contribution in [0.15, 0.2) is 146 Å². The molecule has 0 atom stereocenters. The fourth-order valence-electron chi connectivity index (χ4n) is 10.3.